The van der Waals surface area contributed by atoms with Gasteiger partial charge in [0.2, 0.25) is 11.2 Å². The maximum absolute atomic E-state index is 4.85. The third kappa shape index (κ3) is 5.04. The number of para-hydroxylation sites is 1. The molecule has 0 aliphatic heterocycles. The van der Waals surface area contributed by atoms with Gasteiger partial charge in [0.1, 0.15) is 12.8 Å². The molecule has 0 unspecified atom stereocenters. The van der Waals surface area contributed by atoms with Crippen molar-refractivity contribution in [2.24, 2.45) is 12.1 Å². The SMILES string of the molecule is CCN(CC)c1ccc(Nc2ccc(N(C)N=C(C)c3ccc4ccccc4[n+]3C)cc2)cc1. The van der Waals surface area contributed by atoms with Crippen LogP contribution in [0.4, 0.5) is 22.7 Å². The lowest BCUT2D eigenvalue weighted by Gasteiger charge is -2.21. The molecule has 0 spiro atoms. The first-order chi connectivity index (χ1) is 16.5. The Hall–Kier alpha value is -3.86. The van der Waals surface area contributed by atoms with E-state index in [0.717, 1.165) is 41.6 Å². The molecule has 0 saturated heterocycles. The van der Waals surface area contributed by atoms with Crippen LogP contribution in [0.2, 0.25) is 0 Å². The van der Waals surface area contributed by atoms with Crippen LogP contribution in [0.25, 0.3) is 10.9 Å². The van der Waals surface area contributed by atoms with E-state index in [0.29, 0.717) is 0 Å². The number of nitrogens with one attached hydrogen (secondary N) is 1. The largest absolute Gasteiger partial charge is 0.372 e. The third-order valence-electron chi connectivity index (χ3n) is 6.28. The molecular weight excluding hydrogens is 418 g/mol. The summed E-state index contributed by atoms with van der Waals surface area (Å²) in [6, 6.07) is 29.6. The third-order valence-corrected chi connectivity index (χ3v) is 6.28. The summed E-state index contributed by atoms with van der Waals surface area (Å²) < 4.78 is 2.19. The maximum atomic E-state index is 4.85. The van der Waals surface area contributed by atoms with E-state index in [1.807, 2.05) is 12.1 Å². The van der Waals surface area contributed by atoms with Crippen LogP contribution in [-0.2, 0) is 7.05 Å². The summed E-state index contributed by atoms with van der Waals surface area (Å²) in [7, 11) is 4.07. The summed E-state index contributed by atoms with van der Waals surface area (Å²) >= 11 is 0. The van der Waals surface area contributed by atoms with E-state index in [1.54, 1.807) is 0 Å². The van der Waals surface area contributed by atoms with Gasteiger partial charge in [0.15, 0.2) is 0 Å². The summed E-state index contributed by atoms with van der Waals surface area (Å²) in [6.45, 7) is 8.44. The predicted octanol–water partition coefficient (Wildman–Crippen LogP) is 6.11. The van der Waals surface area contributed by atoms with E-state index in [4.69, 9.17) is 5.10 Å². The van der Waals surface area contributed by atoms with Crippen LogP contribution >= 0.6 is 0 Å². The Balaban J connectivity index is 1.46. The number of nitrogens with zero attached hydrogens (tertiary/aromatic N) is 4. The zero-order chi connectivity index (χ0) is 24.1. The number of fused-ring (bicyclic) bond motifs is 1. The molecule has 1 heterocycles. The average Bonchev–Trinajstić information content (AvgIpc) is 2.86. The Morgan fingerprint density at radius 3 is 2.00 bits per heavy atom. The molecule has 0 radical (unpaired) electrons. The van der Waals surface area contributed by atoms with Gasteiger partial charge < -0.3 is 10.2 Å². The summed E-state index contributed by atoms with van der Waals surface area (Å²) in [4.78, 5) is 2.34. The molecule has 5 heteroatoms. The molecule has 0 aliphatic carbocycles. The second-order valence-corrected chi connectivity index (χ2v) is 8.44. The zero-order valence-electron chi connectivity index (χ0n) is 20.8. The van der Waals surface area contributed by atoms with Gasteiger partial charge in [-0.15, -0.1) is 0 Å². The van der Waals surface area contributed by atoms with Crippen molar-refractivity contribution in [2.45, 2.75) is 20.8 Å². The summed E-state index contributed by atoms with van der Waals surface area (Å²) in [5.41, 5.74) is 7.66. The maximum Gasteiger partial charge on any atom is 0.228 e. The lowest BCUT2D eigenvalue weighted by Crippen LogP contribution is -2.37. The number of hydrazone groups is 1. The number of anilines is 4. The van der Waals surface area contributed by atoms with E-state index < -0.39 is 0 Å². The van der Waals surface area contributed by atoms with Crippen molar-refractivity contribution in [3.05, 3.63) is 90.6 Å². The fraction of sp³-hybridized carbons (Fsp3) is 0.241. The number of pyridine rings is 1. The smallest absolute Gasteiger partial charge is 0.228 e. The number of benzene rings is 3. The molecule has 0 saturated carbocycles. The molecule has 0 aliphatic rings. The molecular formula is C29H34N5+. The van der Waals surface area contributed by atoms with Crippen LogP contribution in [0.15, 0.2) is 90.0 Å². The van der Waals surface area contributed by atoms with Gasteiger partial charge in [-0.25, -0.2) is 0 Å². The van der Waals surface area contributed by atoms with Gasteiger partial charge in [0.25, 0.3) is 0 Å². The minimum atomic E-state index is 0.964. The van der Waals surface area contributed by atoms with Crippen LogP contribution in [0.5, 0.6) is 0 Å². The van der Waals surface area contributed by atoms with Crippen LogP contribution in [0, 0.1) is 0 Å². The highest BCUT2D eigenvalue weighted by molar-refractivity contribution is 5.97. The monoisotopic (exact) mass is 452 g/mol. The van der Waals surface area contributed by atoms with Gasteiger partial charge in [0, 0.05) is 54.7 Å². The summed E-state index contributed by atoms with van der Waals surface area (Å²) in [6.07, 6.45) is 0. The molecule has 0 atom stereocenters. The molecule has 1 N–H and O–H groups in total. The Morgan fingerprint density at radius 2 is 1.38 bits per heavy atom. The van der Waals surface area contributed by atoms with Crippen LogP contribution in [-0.4, -0.2) is 25.8 Å². The van der Waals surface area contributed by atoms with E-state index in [9.17, 15) is 0 Å². The highest BCUT2D eigenvalue weighted by Gasteiger charge is 2.15. The van der Waals surface area contributed by atoms with Crippen molar-refractivity contribution in [3.63, 3.8) is 0 Å². The summed E-state index contributed by atoms with van der Waals surface area (Å²) in [5.74, 6) is 0. The van der Waals surface area contributed by atoms with E-state index in [2.05, 4.69) is 128 Å². The first-order valence-corrected chi connectivity index (χ1v) is 11.9. The molecule has 4 rings (SSSR count). The number of rotatable bonds is 8. The molecule has 0 bridgehead atoms. The minimum Gasteiger partial charge on any atom is -0.372 e. The van der Waals surface area contributed by atoms with Crippen LogP contribution in [0.3, 0.4) is 0 Å². The quantitative estimate of drug-likeness (QED) is 0.199. The van der Waals surface area contributed by atoms with Crippen molar-refractivity contribution in [1.82, 2.24) is 0 Å². The van der Waals surface area contributed by atoms with Gasteiger partial charge in [-0.1, -0.05) is 12.1 Å². The average molecular weight is 453 g/mol. The van der Waals surface area contributed by atoms with Gasteiger partial charge in [-0.3, -0.25) is 5.01 Å². The lowest BCUT2D eigenvalue weighted by atomic mass is 10.1. The molecule has 4 aromatic rings. The molecule has 1 aromatic heterocycles. The van der Waals surface area contributed by atoms with Crippen molar-refractivity contribution in [3.8, 4) is 0 Å². The first-order valence-electron chi connectivity index (χ1n) is 11.9. The van der Waals surface area contributed by atoms with E-state index in [-0.39, 0.29) is 0 Å². The number of aromatic nitrogens is 1. The van der Waals surface area contributed by atoms with Gasteiger partial charge in [-0.2, -0.15) is 9.67 Å². The second-order valence-electron chi connectivity index (χ2n) is 8.44. The van der Waals surface area contributed by atoms with Crippen molar-refractivity contribution < 1.29 is 4.57 Å². The first kappa shape index (κ1) is 23.3. The van der Waals surface area contributed by atoms with Crippen molar-refractivity contribution >= 4 is 39.4 Å². The Bertz CT molecular complexity index is 1270. The number of hydrogen-bond donors (Lipinski definition) is 1. The van der Waals surface area contributed by atoms with Crippen molar-refractivity contribution in [2.75, 3.05) is 35.4 Å². The van der Waals surface area contributed by atoms with Crippen LogP contribution in [0.1, 0.15) is 26.5 Å². The molecule has 34 heavy (non-hydrogen) atoms. The minimum absolute atomic E-state index is 0.964. The molecule has 0 fully saturated rings. The fourth-order valence-corrected chi connectivity index (χ4v) is 4.31. The Morgan fingerprint density at radius 1 is 0.794 bits per heavy atom. The molecule has 174 valence electrons. The van der Waals surface area contributed by atoms with E-state index >= 15 is 0 Å². The summed E-state index contributed by atoms with van der Waals surface area (Å²) in [5, 5.41) is 11.5. The molecule has 0 amide bonds. The lowest BCUT2D eigenvalue weighted by molar-refractivity contribution is -0.646. The second kappa shape index (κ2) is 10.4. The van der Waals surface area contributed by atoms with Gasteiger partial charge in [-0.05, 0) is 81.4 Å². The predicted molar refractivity (Wildman–Crippen MR) is 145 cm³/mol. The highest BCUT2D eigenvalue weighted by atomic mass is 15.4. The van der Waals surface area contributed by atoms with Crippen molar-refractivity contribution in [1.29, 1.82) is 0 Å². The Kier molecular flexibility index (Phi) is 7.12. The van der Waals surface area contributed by atoms with E-state index in [1.165, 1.54) is 16.6 Å². The molecule has 5 nitrogen and oxygen atoms in total. The number of aryl methyl sites for hydroxylation is 1. The standard InChI is InChI=1S/C29H34N5/c1-6-34(7-2)27-19-15-25(16-20-27)30-24-13-17-26(18-14-24)33(5)31-22(3)28-21-12-23-10-8-9-11-29(23)32(28)4/h8-21,30H,6-7H2,1-5H3/q+1. The number of hydrogen-bond acceptors (Lipinski definition) is 4. The van der Waals surface area contributed by atoms with Gasteiger partial charge in [0.05, 0.1) is 5.69 Å². The van der Waals surface area contributed by atoms with Gasteiger partial charge >= 0.3 is 0 Å². The highest BCUT2D eigenvalue weighted by Crippen LogP contribution is 2.23. The topological polar surface area (TPSA) is 34.8 Å². The molecule has 3 aromatic carbocycles. The van der Waals surface area contributed by atoms with Crippen LogP contribution < -0.4 is 19.8 Å². The fourth-order valence-electron chi connectivity index (χ4n) is 4.31. The Labute approximate surface area is 203 Å². The zero-order valence-corrected chi connectivity index (χ0v) is 20.8. The normalized spacial score (nSPS) is 11.5.